The molecule has 0 aromatic carbocycles. The van der Waals surface area contributed by atoms with E-state index in [-0.39, 0.29) is 30.5 Å². The molecular weight excluding hydrogens is 272 g/mol. The van der Waals surface area contributed by atoms with Gasteiger partial charge in [-0.05, 0) is 31.1 Å². The molecular formula is C15H26N2O4. The van der Waals surface area contributed by atoms with E-state index in [2.05, 4.69) is 5.32 Å². The average Bonchev–Trinajstić information content (AvgIpc) is 2.86. The van der Waals surface area contributed by atoms with Crippen molar-refractivity contribution in [3.63, 3.8) is 0 Å². The van der Waals surface area contributed by atoms with E-state index in [4.69, 9.17) is 0 Å². The first kappa shape index (κ1) is 16.1. The maximum atomic E-state index is 12.4. The number of carboxylic acid groups (broad SMARTS) is 1. The van der Waals surface area contributed by atoms with Crippen molar-refractivity contribution in [2.45, 2.75) is 57.5 Å². The Morgan fingerprint density at radius 1 is 1.24 bits per heavy atom. The number of urea groups is 1. The highest BCUT2D eigenvalue weighted by molar-refractivity contribution is 5.83. The number of amides is 2. The zero-order chi connectivity index (χ0) is 15.4. The van der Waals surface area contributed by atoms with Gasteiger partial charge in [-0.15, -0.1) is 0 Å². The van der Waals surface area contributed by atoms with Crippen LogP contribution in [0.4, 0.5) is 4.79 Å². The van der Waals surface area contributed by atoms with Gasteiger partial charge in [-0.3, -0.25) is 0 Å². The summed E-state index contributed by atoms with van der Waals surface area (Å²) >= 11 is 0. The van der Waals surface area contributed by atoms with Crippen LogP contribution in [-0.2, 0) is 4.79 Å². The number of nitrogens with zero attached hydrogens (tertiary/aromatic N) is 1. The first-order valence-electron chi connectivity index (χ1n) is 7.95. The summed E-state index contributed by atoms with van der Waals surface area (Å²) in [4.78, 5) is 25.4. The maximum Gasteiger partial charge on any atom is 0.326 e. The molecule has 0 spiro atoms. The van der Waals surface area contributed by atoms with Crippen LogP contribution >= 0.6 is 0 Å². The van der Waals surface area contributed by atoms with Crippen LogP contribution in [0.15, 0.2) is 0 Å². The first-order chi connectivity index (χ1) is 10.0. The van der Waals surface area contributed by atoms with Crippen LogP contribution in [0, 0.1) is 11.8 Å². The topological polar surface area (TPSA) is 89.9 Å². The Morgan fingerprint density at radius 3 is 2.48 bits per heavy atom. The van der Waals surface area contributed by atoms with E-state index in [1.807, 2.05) is 6.92 Å². The Bertz CT molecular complexity index is 382. The van der Waals surface area contributed by atoms with Crippen molar-refractivity contribution < 1.29 is 19.8 Å². The van der Waals surface area contributed by atoms with Crippen LogP contribution in [0.5, 0.6) is 0 Å². The van der Waals surface area contributed by atoms with E-state index in [0.717, 1.165) is 38.5 Å². The number of likely N-dealkylation sites (tertiary alicyclic amines) is 1. The van der Waals surface area contributed by atoms with Gasteiger partial charge < -0.3 is 20.4 Å². The van der Waals surface area contributed by atoms with Crippen molar-refractivity contribution >= 4 is 12.0 Å². The van der Waals surface area contributed by atoms with Gasteiger partial charge in [0.15, 0.2) is 0 Å². The Labute approximate surface area is 125 Å². The molecule has 0 aromatic heterocycles. The molecule has 1 aliphatic carbocycles. The molecule has 1 saturated carbocycles. The van der Waals surface area contributed by atoms with Gasteiger partial charge >= 0.3 is 12.0 Å². The monoisotopic (exact) mass is 298 g/mol. The molecule has 0 bridgehead atoms. The van der Waals surface area contributed by atoms with Crippen molar-refractivity contribution in [2.24, 2.45) is 11.8 Å². The number of carbonyl (C=O) groups is 2. The second-order valence-corrected chi connectivity index (χ2v) is 6.37. The van der Waals surface area contributed by atoms with E-state index in [9.17, 15) is 19.8 Å². The second-order valence-electron chi connectivity index (χ2n) is 6.37. The maximum absolute atomic E-state index is 12.4. The molecule has 1 aliphatic heterocycles. The lowest BCUT2D eigenvalue weighted by atomic mass is 9.84. The van der Waals surface area contributed by atoms with Gasteiger partial charge in [0.05, 0.1) is 12.6 Å². The van der Waals surface area contributed by atoms with Crippen LogP contribution in [0.3, 0.4) is 0 Å². The van der Waals surface area contributed by atoms with E-state index in [0.29, 0.717) is 6.54 Å². The molecule has 21 heavy (non-hydrogen) atoms. The lowest BCUT2D eigenvalue weighted by molar-refractivity contribution is -0.141. The van der Waals surface area contributed by atoms with Gasteiger partial charge in [0.25, 0.3) is 0 Å². The third kappa shape index (κ3) is 3.67. The molecule has 1 heterocycles. The summed E-state index contributed by atoms with van der Waals surface area (Å²) in [5.41, 5.74) is 0. The highest BCUT2D eigenvalue weighted by atomic mass is 16.4. The lowest BCUT2D eigenvalue weighted by Crippen LogP contribution is -2.53. The predicted octanol–water partition coefficient (Wildman–Crippen LogP) is 1.43. The summed E-state index contributed by atoms with van der Waals surface area (Å²) in [6, 6.07) is -1.37. The summed E-state index contributed by atoms with van der Waals surface area (Å²) < 4.78 is 0. The lowest BCUT2D eigenvalue weighted by Gasteiger charge is -2.31. The van der Waals surface area contributed by atoms with Gasteiger partial charge in [-0.25, -0.2) is 9.59 Å². The van der Waals surface area contributed by atoms with Crippen molar-refractivity contribution in [3.05, 3.63) is 0 Å². The van der Waals surface area contributed by atoms with Crippen molar-refractivity contribution in [1.82, 2.24) is 10.2 Å². The molecule has 0 aromatic rings. The number of aliphatic carboxylic acids is 1. The molecule has 2 amide bonds. The minimum absolute atomic E-state index is 0.0211. The smallest absolute Gasteiger partial charge is 0.326 e. The molecule has 0 radical (unpaired) electrons. The van der Waals surface area contributed by atoms with Gasteiger partial charge in [0.2, 0.25) is 0 Å². The quantitative estimate of drug-likeness (QED) is 0.732. The zero-order valence-electron chi connectivity index (χ0n) is 12.6. The molecule has 3 unspecified atom stereocenters. The third-order valence-corrected chi connectivity index (χ3v) is 5.00. The SMILES string of the molecule is CC1CCN(C(=O)NC(C(=O)O)C2CCCCC2)C1CO. The molecule has 120 valence electrons. The minimum atomic E-state index is -0.956. The predicted molar refractivity (Wildman–Crippen MR) is 77.9 cm³/mol. The average molecular weight is 298 g/mol. The number of hydrogen-bond acceptors (Lipinski definition) is 3. The van der Waals surface area contributed by atoms with E-state index in [1.54, 1.807) is 4.90 Å². The Kier molecular flexibility index (Phi) is 5.45. The Balaban J connectivity index is 1.99. The van der Waals surface area contributed by atoms with Gasteiger partial charge in [0, 0.05) is 6.54 Å². The van der Waals surface area contributed by atoms with Crippen molar-refractivity contribution in [2.75, 3.05) is 13.2 Å². The number of aliphatic hydroxyl groups excluding tert-OH is 1. The normalized spacial score (nSPS) is 28.4. The second kappa shape index (κ2) is 7.11. The van der Waals surface area contributed by atoms with Crippen molar-refractivity contribution in [1.29, 1.82) is 0 Å². The summed E-state index contributed by atoms with van der Waals surface area (Å²) in [6.07, 6.45) is 5.77. The van der Waals surface area contributed by atoms with Gasteiger partial charge in [0.1, 0.15) is 6.04 Å². The first-order valence-corrected chi connectivity index (χ1v) is 7.95. The number of hydrogen-bond donors (Lipinski definition) is 3. The van der Waals surface area contributed by atoms with Gasteiger partial charge in [-0.2, -0.15) is 0 Å². The van der Waals surface area contributed by atoms with E-state index >= 15 is 0 Å². The summed E-state index contributed by atoms with van der Waals surface area (Å²) in [5.74, 6) is -0.686. The van der Waals surface area contributed by atoms with Crippen LogP contribution in [-0.4, -0.2) is 52.3 Å². The van der Waals surface area contributed by atoms with Crippen LogP contribution < -0.4 is 5.32 Å². The zero-order valence-corrected chi connectivity index (χ0v) is 12.6. The molecule has 3 N–H and O–H groups in total. The van der Waals surface area contributed by atoms with E-state index in [1.165, 1.54) is 0 Å². The Morgan fingerprint density at radius 2 is 1.90 bits per heavy atom. The Hall–Kier alpha value is -1.30. The molecule has 3 atom stereocenters. The van der Waals surface area contributed by atoms with Crippen LogP contribution in [0.1, 0.15) is 45.4 Å². The van der Waals surface area contributed by atoms with Crippen molar-refractivity contribution in [3.8, 4) is 0 Å². The van der Waals surface area contributed by atoms with Crippen LogP contribution in [0.2, 0.25) is 0 Å². The van der Waals surface area contributed by atoms with Crippen LogP contribution in [0.25, 0.3) is 0 Å². The molecule has 1 saturated heterocycles. The van der Waals surface area contributed by atoms with E-state index < -0.39 is 12.0 Å². The highest BCUT2D eigenvalue weighted by Crippen LogP contribution is 2.28. The minimum Gasteiger partial charge on any atom is -0.480 e. The number of nitrogens with one attached hydrogen (secondary N) is 1. The number of carbonyl (C=O) groups excluding carboxylic acids is 1. The number of aliphatic hydroxyl groups is 1. The summed E-state index contributed by atoms with van der Waals surface area (Å²) in [7, 11) is 0. The largest absolute Gasteiger partial charge is 0.480 e. The summed E-state index contributed by atoms with van der Waals surface area (Å²) in [6.45, 7) is 2.51. The molecule has 2 rings (SSSR count). The molecule has 2 aliphatic rings. The fraction of sp³-hybridized carbons (Fsp3) is 0.867. The fourth-order valence-electron chi connectivity index (χ4n) is 3.60. The van der Waals surface area contributed by atoms with Gasteiger partial charge in [-0.1, -0.05) is 26.2 Å². The number of carboxylic acids is 1. The highest BCUT2D eigenvalue weighted by Gasteiger charge is 2.37. The summed E-state index contributed by atoms with van der Waals surface area (Å²) in [5, 5.41) is 21.5. The third-order valence-electron chi connectivity index (χ3n) is 5.00. The number of rotatable bonds is 4. The molecule has 6 nitrogen and oxygen atoms in total. The fourth-order valence-corrected chi connectivity index (χ4v) is 3.60. The molecule has 2 fully saturated rings. The standard InChI is InChI=1S/C15H26N2O4/c1-10-7-8-17(12(10)9-18)15(21)16-13(14(19)20)11-5-3-2-4-6-11/h10-13,18H,2-9H2,1H3,(H,16,21)(H,19,20). The molecule has 6 heteroatoms.